The summed E-state index contributed by atoms with van der Waals surface area (Å²) in [6.45, 7) is 0.702. The third kappa shape index (κ3) is 4.60. The normalized spacial score (nSPS) is 33.2. The molecule has 0 saturated carbocycles. The van der Waals surface area contributed by atoms with Crippen LogP contribution in [0.15, 0.2) is 0 Å². The summed E-state index contributed by atoms with van der Waals surface area (Å²) in [7, 11) is 0. The summed E-state index contributed by atoms with van der Waals surface area (Å²) < 4.78 is 5.10. The molecule has 1 aliphatic heterocycles. The van der Waals surface area contributed by atoms with Gasteiger partial charge in [-0.05, 0) is 6.42 Å². The van der Waals surface area contributed by atoms with Gasteiger partial charge in [-0.2, -0.15) is 0 Å². The second kappa shape index (κ2) is 8.36. The van der Waals surface area contributed by atoms with Gasteiger partial charge in [0.1, 0.15) is 30.5 Å². The van der Waals surface area contributed by atoms with Gasteiger partial charge in [0, 0.05) is 0 Å². The molecule has 0 aliphatic carbocycles. The first-order valence-corrected chi connectivity index (χ1v) is 6.87. The number of carboxylic acids is 1. The van der Waals surface area contributed by atoms with E-state index in [9.17, 15) is 24.9 Å². The number of ether oxygens (including phenoxy) is 1. The van der Waals surface area contributed by atoms with Gasteiger partial charge in [0.2, 0.25) is 5.91 Å². The minimum atomic E-state index is -1.59. The first kappa shape index (κ1) is 18.7. The highest BCUT2D eigenvalue weighted by molar-refractivity contribution is 5.80. The molecule has 1 aliphatic rings. The van der Waals surface area contributed by atoms with Crippen LogP contribution in [0.5, 0.6) is 0 Å². The van der Waals surface area contributed by atoms with Gasteiger partial charge in [0.05, 0.1) is 13.2 Å². The van der Waals surface area contributed by atoms with Crippen LogP contribution >= 0.6 is 0 Å². The topological polar surface area (TPSA) is 169 Å². The van der Waals surface area contributed by atoms with E-state index in [1.54, 1.807) is 6.92 Å². The van der Waals surface area contributed by atoms with E-state index in [1.807, 2.05) is 0 Å². The molecule has 0 aromatic carbocycles. The number of amides is 1. The molecule has 0 spiro atoms. The van der Waals surface area contributed by atoms with Crippen LogP contribution in [-0.4, -0.2) is 87.2 Å². The van der Waals surface area contributed by atoms with Crippen molar-refractivity contribution in [1.29, 1.82) is 0 Å². The number of carbonyl (C=O) groups is 2. The van der Waals surface area contributed by atoms with E-state index in [4.69, 9.17) is 14.9 Å². The van der Waals surface area contributed by atoms with Crippen LogP contribution in [0, 0.1) is 0 Å². The molecule has 0 unspecified atom stereocenters. The van der Waals surface area contributed by atoms with Crippen molar-refractivity contribution in [2.45, 2.75) is 50.0 Å². The molecule has 6 atom stereocenters. The van der Waals surface area contributed by atoms with Gasteiger partial charge in [-0.15, -0.1) is 0 Å². The Bertz CT molecular complexity index is 391. The van der Waals surface area contributed by atoms with E-state index in [0.29, 0.717) is 0 Å². The van der Waals surface area contributed by atoms with Crippen molar-refractivity contribution in [1.82, 2.24) is 10.6 Å². The van der Waals surface area contributed by atoms with Crippen LogP contribution in [-0.2, 0) is 14.3 Å². The number of aliphatic carboxylic acids is 1. The maximum atomic E-state index is 11.7. The average Bonchev–Trinajstić information content (AvgIpc) is 2.48. The van der Waals surface area contributed by atoms with Gasteiger partial charge >= 0.3 is 5.97 Å². The van der Waals surface area contributed by atoms with E-state index >= 15 is 0 Å². The Morgan fingerprint density at radius 1 is 1.18 bits per heavy atom. The molecule has 0 aromatic heterocycles. The van der Waals surface area contributed by atoms with Gasteiger partial charge < -0.3 is 35.6 Å². The van der Waals surface area contributed by atoms with Crippen LogP contribution in [0.2, 0.25) is 0 Å². The van der Waals surface area contributed by atoms with Crippen molar-refractivity contribution >= 4 is 11.9 Å². The summed E-state index contributed by atoms with van der Waals surface area (Å²) >= 11 is 0. The maximum Gasteiger partial charge on any atom is 0.320 e. The van der Waals surface area contributed by atoms with Crippen LogP contribution in [0.1, 0.15) is 13.3 Å². The number of carboxylic acid groups (broad SMARTS) is 1. The van der Waals surface area contributed by atoms with E-state index in [1.165, 1.54) is 0 Å². The molecule has 128 valence electrons. The monoisotopic (exact) mass is 322 g/mol. The largest absolute Gasteiger partial charge is 0.480 e. The minimum absolute atomic E-state index is 0.280. The smallest absolute Gasteiger partial charge is 0.320 e. The molecule has 10 heteroatoms. The summed E-state index contributed by atoms with van der Waals surface area (Å²) in [6, 6.07) is -0.888. The van der Waals surface area contributed by atoms with Crippen molar-refractivity contribution in [3.8, 4) is 0 Å². The Balaban J connectivity index is 2.54. The van der Waals surface area contributed by atoms with Crippen molar-refractivity contribution in [2.75, 3.05) is 13.2 Å². The highest BCUT2D eigenvalue weighted by Crippen LogP contribution is 2.19. The van der Waals surface area contributed by atoms with Crippen LogP contribution in [0.25, 0.3) is 0 Å². The minimum Gasteiger partial charge on any atom is -0.480 e. The molecule has 0 aromatic rings. The van der Waals surface area contributed by atoms with Gasteiger partial charge in [0.25, 0.3) is 0 Å². The zero-order valence-electron chi connectivity index (χ0n) is 12.0. The zero-order valence-corrected chi connectivity index (χ0v) is 12.0. The van der Waals surface area contributed by atoms with E-state index in [-0.39, 0.29) is 13.0 Å². The zero-order chi connectivity index (χ0) is 16.9. The van der Waals surface area contributed by atoms with Crippen LogP contribution in [0.3, 0.4) is 0 Å². The highest BCUT2D eigenvalue weighted by atomic mass is 16.6. The molecule has 0 bridgehead atoms. The average molecular weight is 322 g/mol. The molecule has 1 rings (SSSR count). The van der Waals surface area contributed by atoms with Gasteiger partial charge in [-0.3, -0.25) is 14.9 Å². The molecular formula is C12H22N2O8. The number of rotatable bonds is 7. The summed E-state index contributed by atoms with van der Waals surface area (Å²) in [5.41, 5.74) is 0. The lowest BCUT2D eigenvalue weighted by atomic mass is 9.98. The summed E-state index contributed by atoms with van der Waals surface area (Å²) in [5, 5.41) is 51.5. The maximum absolute atomic E-state index is 11.7. The first-order valence-electron chi connectivity index (χ1n) is 6.87. The predicted octanol–water partition coefficient (Wildman–Crippen LogP) is -3.64. The number of aliphatic hydroxyl groups excluding tert-OH is 4. The lowest BCUT2D eigenvalue weighted by Gasteiger charge is -2.40. The summed E-state index contributed by atoms with van der Waals surface area (Å²) in [6.07, 6.45) is -6.85. The van der Waals surface area contributed by atoms with Crippen LogP contribution < -0.4 is 10.6 Å². The van der Waals surface area contributed by atoms with Crippen molar-refractivity contribution in [2.24, 2.45) is 0 Å². The third-order valence-corrected chi connectivity index (χ3v) is 3.41. The van der Waals surface area contributed by atoms with Crippen molar-refractivity contribution in [3.05, 3.63) is 0 Å². The SMILES string of the molecule is CC[C@H](NCC(=O)N[C@@H]1O[C@H](CO)[C@H](O)[C@H](O)[C@H]1O)C(=O)O. The predicted molar refractivity (Wildman–Crippen MR) is 71.6 cm³/mol. The lowest BCUT2D eigenvalue weighted by molar-refractivity contribution is -0.235. The molecule has 0 radical (unpaired) electrons. The van der Waals surface area contributed by atoms with Crippen LogP contribution in [0.4, 0.5) is 0 Å². The van der Waals surface area contributed by atoms with E-state index < -0.39 is 55.2 Å². The van der Waals surface area contributed by atoms with E-state index in [2.05, 4.69) is 10.6 Å². The molecule has 1 fully saturated rings. The quantitative estimate of drug-likeness (QED) is 0.250. The molecule has 7 N–H and O–H groups in total. The molecule has 1 saturated heterocycles. The second-order valence-corrected chi connectivity index (χ2v) is 5.00. The Morgan fingerprint density at radius 2 is 1.82 bits per heavy atom. The lowest BCUT2D eigenvalue weighted by Crippen LogP contribution is -2.63. The fraction of sp³-hybridized carbons (Fsp3) is 0.833. The number of nitrogens with one attached hydrogen (secondary N) is 2. The molecule has 10 nitrogen and oxygen atoms in total. The highest BCUT2D eigenvalue weighted by Gasteiger charge is 2.43. The summed E-state index contributed by atoms with van der Waals surface area (Å²) in [4.78, 5) is 22.5. The Labute approximate surface area is 126 Å². The number of aliphatic hydroxyl groups is 4. The fourth-order valence-corrected chi connectivity index (χ4v) is 2.05. The van der Waals surface area contributed by atoms with Gasteiger partial charge in [0.15, 0.2) is 6.23 Å². The van der Waals surface area contributed by atoms with Gasteiger partial charge in [-0.1, -0.05) is 6.92 Å². The molecule has 1 heterocycles. The Morgan fingerprint density at radius 3 is 2.32 bits per heavy atom. The second-order valence-electron chi connectivity index (χ2n) is 5.00. The first-order chi connectivity index (χ1) is 10.3. The van der Waals surface area contributed by atoms with Crippen molar-refractivity contribution in [3.63, 3.8) is 0 Å². The molecular weight excluding hydrogens is 300 g/mol. The molecule has 22 heavy (non-hydrogen) atoms. The standard InChI is InChI=1S/C12H22N2O8/c1-2-5(12(20)21)13-3-7(16)14-11-10(19)9(18)8(17)6(4-15)22-11/h5-6,8-11,13,15,17-19H,2-4H2,1H3,(H,14,16)(H,20,21)/t5-,6+,8-,9-,10+,11+/m0/s1. The number of carbonyl (C=O) groups excluding carboxylic acids is 1. The Kier molecular flexibility index (Phi) is 7.13. The van der Waals surface area contributed by atoms with Gasteiger partial charge in [-0.25, -0.2) is 0 Å². The molecule has 1 amide bonds. The Hall–Kier alpha value is -1.30. The fourth-order valence-electron chi connectivity index (χ4n) is 2.05. The number of hydrogen-bond donors (Lipinski definition) is 7. The number of hydrogen-bond acceptors (Lipinski definition) is 8. The third-order valence-electron chi connectivity index (χ3n) is 3.41. The summed E-state index contributed by atoms with van der Waals surface area (Å²) in [5.74, 6) is -1.76. The van der Waals surface area contributed by atoms with E-state index in [0.717, 1.165) is 0 Å². The van der Waals surface area contributed by atoms with Crippen molar-refractivity contribution < 1.29 is 39.9 Å².